The van der Waals surface area contributed by atoms with Gasteiger partial charge in [0.15, 0.2) is 0 Å². The van der Waals surface area contributed by atoms with Crippen LogP contribution in [-0.2, 0) is 14.8 Å². The molecule has 2 aromatic rings. The zero-order valence-electron chi connectivity index (χ0n) is 16.6. The summed E-state index contributed by atoms with van der Waals surface area (Å²) < 4.78 is 36.1. The monoisotopic (exact) mass is 407 g/mol. The summed E-state index contributed by atoms with van der Waals surface area (Å²) in [6.07, 6.45) is 0. The van der Waals surface area contributed by atoms with Gasteiger partial charge in [0.2, 0.25) is 15.9 Å². The van der Waals surface area contributed by atoms with E-state index in [0.717, 1.165) is 9.87 Å². The molecule has 0 heterocycles. The van der Waals surface area contributed by atoms with Gasteiger partial charge in [-0.25, -0.2) is 12.7 Å². The van der Waals surface area contributed by atoms with E-state index < -0.39 is 10.0 Å². The Morgan fingerprint density at radius 1 is 1.04 bits per heavy atom. The van der Waals surface area contributed by atoms with Gasteiger partial charge < -0.3 is 20.1 Å². The van der Waals surface area contributed by atoms with Crippen LogP contribution in [0.3, 0.4) is 0 Å². The van der Waals surface area contributed by atoms with Crippen molar-refractivity contribution in [1.82, 2.24) is 4.31 Å². The molecule has 28 heavy (non-hydrogen) atoms. The Bertz CT molecular complexity index is 958. The Balaban J connectivity index is 2.11. The van der Waals surface area contributed by atoms with Crippen LogP contribution >= 0.6 is 0 Å². The van der Waals surface area contributed by atoms with E-state index in [9.17, 15) is 13.2 Å². The molecule has 0 aromatic heterocycles. The molecule has 0 atom stereocenters. The fraction of sp³-hybridized carbons (Fsp3) is 0.316. The Kier molecular flexibility index (Phi) is 6.87. The van der Waals surface area contributed by atoms with Crippen LogP contribution in [0, 0.1) is 6.92 Å². The summed E-state index contributed by atoms with van der Waals surface area (Å²) in [5, 5.41) is 5.74. The van der Waals surface area contributed by atoms with Crippen LogP contribution in [0.5, 0.6) is 11.5 Å². The van der Waals surface area contributed by atoms with E-state index in [0.29, 0.717) is 22.9 Å². The third-order valence-corrected chi connectivity index (χ3v) is 5.92. The van der Waals surface area contributed by atoms with Crippen molar-refractivity contribution in [3.05, 3.63) is 42.0 Å². The van der Waals surface area contributed by atoms with Crippen molar-refractivity contribution in [2.45, 2.75) is 11.8 Å². The van der Waals surface area contributed by atoms with Gasteiger partial charge in [0.25, 0.3) is 0 Å². The lowest BCUT2D eigenvalue weighted by molar-refractivity contribution is -0.114. The molecule has 0 radical (unpaired) electrons. The highest BCUT2D eigenvalue weighted by molar-refractivity contribution is 7.89. The molecule has 0 aliphatic heterocycles. The number of aryl methyl sites for hydroxylation is 1. The molecule has 0 unspecified atom stereocenters. The fourth-order valence-electron chi connectivity index (χ4n) is 2.43. The van der Waals surface area contributed by atoms with Crippen LogP contribution in [0.15, 0.2) is 41.3 Å². The number of nitrogens with zero attached hydrogens (tertiary/aromatic N) is 1. The van der Waals surface area contributed by atoms with E-state index in [1.54, 1.807) is 31.4 Å². The SMILES string of the molecule is COc1ccc(NC(=O)CNc2cc(S(=O)(=O)N(C)C)ccc2C)c(OC)c1. The molecular formula is C19H25N3O5S. The van der Waals surface area contributed by atoms with Crippen LogP contribution in [0.4, 0.5) is 11.4 Å². The topological polar surface area (TPSA) is 97.0 Å². The number of methoxy groups -OCH3 is 2. The molecule has 0 aliphatic carbocycles. The summed E-state index contributed by atoms with van der Waals surface area (Å²) in [6, 6.07) is 9.83. The van der Waals surface area contributed by atoms with Crippen LogP contribution in [0.1, 0.15) is 5.56 Å². The highest BCUT2D eigenvalue weighted by Gasteiger charge is 2.18. The van der Waals surface area contributed by atoms with Crippen LogP contribution in [-0.4, -0.2) is 53.5 Å². The minimum absolute atomic E-state index is 0.0402. The summed E-state index contributed by atoms with van der Waals surface area (Å²) in [6.45, 7) is 1.79. The number of rotatable bonds is 8. The summed E-state index contributed by atoms with van der Waals surface area (Å²) in [5.74, 6) is 0.786. The van der Waals surface area contributed by atoms with Crippen molar-refractivity contribution in [3.8, 4) is 11.5 Å². The van der Waals surface area contributed by atoms with Gasteiger partial charge in [-0.15, -0.1) is 0 Å². The minimum atomic E-state index is -3.55. The Morgan fingerprint density at radius 3 is 2.36 bits per heavy atom. The first-order valence-electron chi connectivity index (χ1n) is 8.48. The van der Waals surface area contributed by atoms with Gasteiger partial charge in [0.1, 0.15) is 11.5 Å². The highest BCUT2D eigenvalue weighted by Crippen LogP contribution is 2.29. The molecule has 2 rings (SSSR count). The maximum absolute atomic E-state index is 12.3. The Labute approximate surface area is 165 Å². The number of carbonyl (C=O) groups is 1. The normalized spacial score (nSPS) is 11.2. The average Bonchev–Trinajstić information content (AvgIpc) is 2.67. The molecular weight excluding hydrogens is 382 g/mol. The lowest BCUT2D eigenvalue weighted by Gasteiger charge is -2.15. The predicted molar refractivity (Wildman–Crippen MR) is 109 cm³/mol. The van der Waals surface area contributed by atoms with E-state index in [1.807, 2.05) is 6.92 Å². The second-order valence-electron chi connectivity index (χ2n) is 6.23. The van der Waals surface area contributed by atoms with Crippen LogP contribution in [0.2, 0.25) is 0 Å². The van der Waals surface area contributed by atoms with E-state index in [2.05, 4.69) is 10.6 Å². The van der Waals surface area contributed by atoms with Gasteiger partial charge >= 0.3 is 0 Å². The van der Waals surface area contributed by atoms with Crippen molar-refractivity contribution in [2.24, 2.45) is 0 Å². The lowest BCUT2D eigenvalue weighted by Crippen LogP contribution is -2.24. The molecule has 8 nitrogen and oxygen atoms in total. The third kappa shape index (κ3) is 4.93. The zero-order valence-corrected chi connectivity index (χ0v) is 17.4. The first-order valence-corrected chi connectivity index (χ1v) is 9.92. The third-order valence-electron chi connectivity index (χ3n) is 4.11. The largest absolute Gasteiger partial charge is 0.497 e. The summed E-state index contributed by atoms with van der Waals surface area (Å²) >= 11 is 0. The molecule has 9 heteroatoms. The Morgan fingerprint density at radius 2 is 1.75 bits per heavy atom. The summed E-state index contributed by atoms with van der Waals surface area (Å²) in [7, 11) is 2.43. The van der Waals surface area contributed by atoms with Crippen molar-refractivity contribution in [1.29, 1.82) is 0 Å². The predicted octanol–water partition coefficient (Wildman–Crippen LogP) is 2.31. The maximum atomic E-state index is 12.3. The smallest absolute Gasteiger partial charge is 0.243 e. The first kappa shape index (κ1) is 21.5. The number of carbonyl (C=O) groups excluding carboxylic acids is 1. The molecule has 152 valence electrons. The molecule has 0 saturated carbocycles. The van der Waals surface area contributed by atoms with Crippen molar-refractivity contribution >= 4 is 27.3 Å². The molecule has 2 N–H and O–H groups in total. The number of anilines is 2. The number of hydrogen-bond donors (Lipinski definition) is 2. The lowest BCUT2D eigenvalue weighted by atomic mass is 10.2. The second-order valence-corrected chi connectivity index (χ2v) is 8.38. The van der Waals surface area contributed by atoms with Gasteiger partial charge in [-0.1, -0.05) is 6.07 Å². The molecule has 0 saturated heterocycles. The molecule has 0 aliphatic rings. The highest BCUT2D eigenvalue weighted by atomic mass is 32.2. The maximum Gasteiger partial charge on any atom is 0.243 e. The van der Waals surface area contributed by atoms with Gasteiger partial charge in [0, 0.05) is 25.8 Å². The number of sulfonamides is 1. The quantitative estimate of drug-likeness (QED) is 0.697. The minimum Gasteiger partial charge on any atom is -0.497 e. The van der Waals surface area contributed by atoms with E-state index >= 15 is 0 Å². The average molecular weight is 407 g/mol. The number of hydrogen-bond acceptors (Lipinski definition) is 6. The van der Waals surface area contributed by atoms with E-state index in [1.165, 1.54) is 33.3 Å². The molecule has 0 fully saturated rings. The number of amides is 1. The first-order chi connectivity index (χ1) is 13.2. The zero-order chi connectivity index (χ0) is 20.9. The Hall–Kier alpha value is -2.78. The number of ether oxygens (including phenoxy) is 2. The van der Waals surface area contributed by atoms with Gasteiger partial charge in [0.05, 0.1) is 31.3 Å². The van der Waals surface area contributed by atoms with Gasteiger partial charge in [-0.05, 0) is 36.8 Å². The van der Waals surface area contributed by atoms with Crippen molar-refractivity contribution < 1.29 is 22.7 Å². The molecule has 0 bridgehead atoms. The van der Waals surface area contributed by atoms with Gasteiger partial charge in [-0.3, -0.25) is 4.79 Å². The van der Waals surface area contributed by atoms with Crippen molar-refractivity contribution in [3.63, 3.8) is 0 Å². The number of nitrogens with one attached hydrogen (secondary N) is 2. The van der Waals surface area contributed by atoms with E-state index in [4.69, 9.17) is 9.47 Å². The van der Waals surface area contributed by atoms with Crippen LogP contribution < -0.4 is 20.1 Å². The van der Waals surface area contributed by atoms with Crippen LogP contribution in [0.25, 0.3) is 0 Å². The summed E-state index contributed by atoms with van der Waals surface area (Å²) in [4.78, 5) is 12.5. The second kappa shape index (κ2) is 8.94. The fourth-order valence-corrected chi connectivity index (χ4v) is 3.36. The van der Waals surface area contributed by atoms with E-state index in [-0.39, 0.29) is 17.3 Å². The standard InChI is InChI=1S/C19H25N3O5S/c1-13-6-8-15(28(24,25)22(2)3)11-17(13)20-12-19(23)21-16-9-7-14(26-4)10-18(16)27-5/h6-11,20H,12H2,1-5H3,(H,21,23). The molecule has 0 spiro atoms. The van der Waals surface area contributed by atoms with Gasteiger partial charge in [-0.2, -0.15) is 0 Å². The van der Waals surface area contributed by atoms with Crippen molar-refractivity contribution in [2.75, 3.05) is 45.5 Å². The number of benzene rings is 2. The molecule has 1 amide bonds. The summed E-state index contributed by atoms with van der Waals surface area (Å²) in [5.41, 5.74) is 1.91. The molecule has 2 aromatic carbocycles.